The maximum Gasteiger partial charge on any atom is 0.316 e. The second kappa shape index (κ2) is 4.11. The van der Waals surface area contributed by atoms with Gasteiger partial charge in [0.2, 0.25) is 0 Å². The SMILES string of the molecule is COC(=O)C1(c2ccc(C(C)(C)C)cc2)CC1C. The van der Waals surface area contributed by atoms with E-state index in [1.165, 1.54) is 12.7 Å². The van der Waals surface area contributed by atoms with E-state index in [0.29, 0.717) is 5.92 Å². The van der Waals surface area contributed by atoms with Gasteiger partial charge < -0.3 is 4.74 Å². The normalized spacial score (nSPS) is 26.8. The molecule has 2 atom stereocenters. The summed E-state index contributed by atoms with van der Waals surface area (Å²) in [6.07, 6.45) is 0.897. The van der Waals surface area contributed by atoms with Crippen LogP contribution in [0.4, 0.5) is 0 Å². The van der Waals surface area contributed by atoms with Crippen LogP contribution in [0, 0.1) is 5.92 Å². The highest BCUT2D eigenvalue weighted by Gasteiger charge is 2.59. The van der Waals surface area contributed by atoms with Crippen molar-refractivity contribution in [1.82, 2.24) is 0 Å². The van der Waals surface area contributed by atoms with Crippen molar-refractivity contribution >= 4 is 5.97 Å². The summed E-state index contributed by atoms with van der Waals surface area (Å²) in [5.74, 6) is 0.281. The van der Waals surface area contributed by atoms with E-state index in [2.05, 4.69) is 52.0 Å². The predicted octanol–water partition coefficient (Wildman–Crippen LogP) is 3.43. The average molecular weight is 246 g/mol. The molecule has 2 heteroatoms. The molecule has 0 spiro atoms. The van der Waals surface area contributed by atoms with Crippen LogP contribution in [0.3, 0.4) is 0 Å². The minimum absolute atomic E-state index is 0.0986. The summed E-state index contributed by atoms with van der Waals surface area (Å²) in [5.41, 5.74) is 2.14. The topological polar surface area (TPSA) is 26.3 Å². The van der Waals surface area contributed by atoms with Gasteiger partial charge in [0.05, 0.1) is 12.5 Å². The van der Waals surface area contributed by atoms with Crippen LogP contribution >= 0.6 is 0 Å². The van der Waals surface area contributed by atoms with Crippen molar-refractivity contribution < 1.29 is 9.53 Å². The van der Waals surface area contributed by atoms with Gasteiger partial charge in [0.25, 0.3) is 0 Å². The van der Waals surface area contributed by atoms with E-state index in [4.69, 9.17) is 4.74 Å². The number of hydrogen-bond acceptors (Lipinski definition) is 2. The Morgan fingerprint density at radius 2 is 1.78 bits per heavy atom. The third-order valence-electron chi connectivity index (χ3n) is 4.12. The standard InChI is InChI=1S/C16H22O2/c1-11-10-16(11,14(17)18-5)13-8-6-12(7-9-13)15(2,3)4/h6-9,11H,10H2,1-5H3. The molecule has 0 heterocycles. The lowest BCUT2D eigenvalue weighted by Crippen LogP contribution is -2.24. The van der Waals surface area contributed by atoms with E-state index in [1.54, 1.807) is 0 Å². The maximum absolute atomic E-state index is 12.0. The Bertz CT molecular complexity index is 453. The molecule has 1 fully saturated rings. The van der Waals surface area contributed by atoms with Gasteiger partial charge in [0, 0.05) is 0 Å². The van der Waals surface area contributed by atoms with Crippen LogP contribution < -0.4 is 0 Å². The summed E-state index contributed by atoms with van der Waals surface area (Å²) in [5, 5.41) is 0. The third-order valence-corrected chi connectivity index (χ3v) is 4.12. The molecule has 98 valence electrons. The van der Waals surface area contributed by atoms with Crippen molar-refractivity contribution in [2.24, 2.45) is 5.92 Å². The van der Waals surface area contributed by atoms with Gasteiger partial charge in [-0.25, -0.2) is 0 Å². The van der Waals surface area contributed by atoms with Crippen molar-refractivity contribution in [3.05, 3.63) is 35.4 Å². The zero-order valence-corrected chi connectivity index (χ0v) is 11.9. The maximum atomic E-state index is 12.0. The Balaban J connectivity index is 2.33. The zero-order valence-electron chi connectivity index (χ0n) is 11.9. The second-order valence-electron chi connectivity index (χ2n) is 6.40. The molecule has 0 amide bonds. The lowest BCUT2D eigenvalue weighted by Gasteiger charge is -2.21. The number of ether oxygens (including phenoxy) is 1. The molecule has 1 aliphatic carbocycles. The van der Waals surface area contributed by atoms with Gasteiger partial charge in [0.1, 0.15) is 0 Å². The Morgan fingerprint density at radius 1 is 1.28 bits per heavy atom. The van der Waals surface area contributed by atoms with Gasteiger partial charge in [0.15, 0.2) is 0 Å². The van der Waals surface area contributed by atoms with Gasteiger partial charge in [-0.15, -0.1) is 0 Å². The Morgan fingerprint density at radius 3 is 2.11 bits per heavy atom. The zero-order chi connectivity index (χ0) is 13.6. The van der Waals surface area contributed by atoms with Crippen molar-refractivity contribution in [1.29, 1.82) is 0 Å². The summed E-state index contributed by atoms with van der Waals surface area (Å²) >= 11 is 0. The first-order valence-corrected chi connectivity index (χ1v) is 6.52. The minimum atomic E-state index is -0.384. The summed E-state index contributed by atoms with van der Waals surface area (Å²) in [4.78, 5) is 12.0. The highest BCUT2D eigenvalue weighted by atomic mass is 16.5. The molecular formula is C16H22O2. The molecule has 2 nitrogen and oxygen atoms in total. The van der Waals surface area contributed by atoms with Gasteiger partial charge in [-0.3, -0.25) is 4.79 Å². The highest BCUT2D eigenvalue weighted by Crippen LogP contribution is 2.54. The summed E-state index contributed by atoms with van der Waals surface area (Å²) in [6.45, 7) is 8.68. The number of benzene rings is 1. The van der Waals surface area contributed by atoms with Crippen LogP contribution in [0.2, 0.25) is 0 Å². The van der Waals surface area contributed by atoms with Crippen molar-refractivity contribution in [2.75, 3.05) is 7.11 Å². The number of carbonyl (C=O) groups is 1. The number of hydrogen-bond donors (Lipinski definition) is 0. The molecule has 0 aliphatic heterocycles. The van der Waals surface area contributed by atoms with Crippen molar-refractivity contribution in [3.63, 3.8) is 0 Å². The molecule has 1 aromatic rings. The molecule has 1 saturated carbocycles. The fourth-order valence-corrected chi connectivity index (χ4v) is 2.68. The molecule has 0 N–H and O–H groups in total. The molecule has 0 radical (unpaired) electrons. The number of rotatable bonds is 2. The quantitative estimate of drug-likeness (QED) is 0.747. The number of methoxy groups -OCH3 is 1. The van der Waals surface area contributed by atoms with Crippen LogP contribution in [0.1, 0.15) is 45.2 Å². The fourth-order valence-electron chi connectivity index (χ4n) is 2.68. The average Bonchev–Trinajstić information content (AvgIpc) is 3.00. The largest absolute Gasteiger partial charge is 0.468 e. The van der Waals surface area contributed by atoms with Crippen LogP contribution in [0.25, 0.3) is 0 Å². The van der Waals surface area contributed by atoms with Crippen molar-refractivity contribution in [2.45, 2.75) is 44.9 Å². The molecule has 0 bridgehead atoms. The van der Waals surface area contributed by atoms with E-state index < -0.39 is 0 Å². The number of carbonyl (C=O) groups excluding carboxylic acids is 1. The lowest BCUT2D eigenvalue weighted by molar-refractivity contribution is -0.144. The Kier molecular flexibility index (Phi) is 3.00. The van der Waals surface area contributed by atoms with E-state index in [0.717, 1.165) is 12.0 Å². The van der Waals surface area contributed by atoms with E-state index in [1.807, 2.05) is 0 Å². The molecule has 2 rings (SSSR count). The molecule has 1 aromatic carbocycles. The number of esters is 1. The molecular weight excluding hydrogens is 224 g/mol. The summed E-state index contributed by atoms with van der Waals surface area (Å²) < 4.78 is 4.96. The van der Waals surface area contributed by atoms with E-state index >= 15 is 0 Å². The molecule has 0 saturated heterocycles. The molecule has 1 aliphatic rings. The molecule has 2 unspecified atom stereocenters. The van der Waals surface area contributed by atoms with Crippen molar-refractivity contribution in [3.8, 4) is 0 Å². The lowest BCUT2D eigenvalue weighted by atomic mass is 9.84. The van der Waals surface area contributed by atoms with Gasteiger partial charge in [-0.05, 0) is 28.9 Å². The first-order chi connectivity index (χ1) is 8.32. The summed E-state index contributed by atoms with van der Waals surface area (Å²) in [7, 11) is 1.47. The molecule has 0 aromatic heterocycles. The third kappa shape index (κ3) is 1.94. The summed E-state index contributed by atoms with van der Waals surface area (Å²) in [6, 6.07) is 8.43. The molecule has 18 heavy (non-hydrogen) atoms. The predicted molar refractivity (Wildman–Crippen MR) is 72.6 cm³/mol. The highest BCUT2D eigenvalue weighted by molar-refractivity contribution is 5.87. The van der Waals surface area contributed by atoms with Crippen LogP contribution in [-0.4, -0.2) is 13.1 Å². The van der Waals surface area contributed by atoms with Crippen LogP contribution in [-0.2, 0) is 20.4 Å². The van der Waals surface area contributed by atoms with E-state index in [-0.39, 0.29) is 16.8 Å². The Hall–Kier alpha value is -1.31. The Labute approximate surface area is 109 Å². The van der Waals surface area contributed by atoms with Gasteiger partial charge in [-0.2, -0.15) is 0 Å². The van der Waals surface area contributed by atoms with Gasteiger partial charge in [-0.1, -0.05) is 52.0 Å². The monoisotopic (exact) mass is 246 g/mol. The smallest absolute Gasteiger partial charge is 0.316 e. The minimum Gasteiger partial charge on any atom is -0.468 e. The first kappa shape index (κ1) is 13.1. The van der Waals surface area contributed by atoms with Crippen LogP contribution in [0.5, 0.6) is 0 Å². The van der Waals surface area contributed by atoms with Crippen LogP contribution in [0.15, 0.2) is 24.3 Å². The van der Waals surface area contributed by atoms with E-state index in [9.17, 15) is 4.79 Å². The fraction of sp³-hybridized carbons (Fsp3) is 0.562. The van der Waals surface area contributed by atoms with Gasteiger partial charge >= 0.3 is 5.97 Å². The first-order valence-electron chi connectivity index (χ1n) is 6.52. The second-order valence-corrected chi connectivity index (χ2v) is 6.40.